The molecule has 1 aromatic rings. The van der Waals surface area contributed by atoms with Crippen molar-refractivity contribution in [2.75, 3.05) is 0 Å². The molecule has 0 radical (unpaired) electrons. The van der Waals surface area contributed by atoms with Crippen molar-refractivity contribution in [3.05, 3.63) is 22.4 Å². The van der Waals surface area contributed by atoms with E-state index < -0.39 is 11.9 Å². The first kappa shape index (κ1) is 7.94. The van der Waals surface area contributed by atoms with Crippen molar-refractivity contribution in [3.63, 3.8) is 0 Å². The van der Waals surface area contributed by atoms with Gasteiger partial charge in [0.05, 0.1) is 0 Å². The van der Waals surface area contributed by atoms with Crippen LogP contribution in [0.15, 0.2) is 17.5 Å². The van der Waals surface area contributed by atoms with Crippen molar-refractivity contribution < 1.29 is 14.7 Å². The smallest absolute Gasteiger partial charge is 0.319 e. The minimum atomic E-state index is -1.09. The van der Waals surface area contributed by atoms with Crippen LogP contribution < -0.4 is 0 Å². The Kier molecular flexibility index (Phi) is 2.38. The lowest BCUT2D eigenvalue weighted by Crippen LogP contribution is -2.10. The molecule has 1 atom stereocenters. The fourth-order valence-electron chi connectivity index (χ4n) is 0.715. The van der Waals surface area contributed by atoms with Crippen LogP contribution in [0.5, 0.6) is 0 Å². The van der Waals surface area contributed by atoms with Crippen LogP contribution >= 0.6 is 11.3 Å². The van der Waals surface area contributed by atoms with Crippen molar-refractivity contribution in [2.24, 2.45) is 0 Å². The molecule has 0 amide bonds. The van der Waals surface area contributed by atoms with Crippen molar-refractivity contribution in [1.82, 2.24) is 0 Å². The predicted molar refractivity (Wildman–Crippen MR) is 40.8 cm³/mol. The van der Waals surface area contributed by atoms with E-state index in [1.54, 1.807) is 17.5 Å². The molecule has 1 rings (SSSR count). The molecule has 58 valence electrons. The highest BCUT2D eigenvalue weighted by atomic mass is 32.1. The first-order valence-electron chi connectivity index (χ1n) is 2.97. The number of carbonyl (C=O) groups is 2. The van der Waals surface area contributed by atoms with Crippen LogP contribution in [-0.2, 0) is 9.59 Å². The van der Waals surface area contributed by atoms with Crippen LogP contribution in [-0.4, -0.2) is 17.4 Å². The van der Waals surface area contributed by atoms with Crippen molar-refractivity contribution in [3.8, 4) is 0 Å². The molecule has 1 unspecified atom stereocenters. The highest BCUT2D eigenvalue weighted by Crippen LogP contribution is 2.19. The summed E-state index contributed by atoms with van der Waals surface area (Å²) in [5, 5.41) is 10.3. The van der Waals surface area contributed by atoms with Crippen LogP contribution in [0.1, 0.15) is 10.8 Å². The number of aldehydes is 1. The van der Waals surface area contributed by atoms with E-state index in [1.807, 2.05) is 0 Å². The lowest BCUT2D eigenvalue weighted by Gasteiger charge is -1.98. The van der Waals surface area contributed by atoms with E-state index in [4.69, 9.17) is 5.11 Å². The van der Waals surface area contributed by atoms with E-state index in [-0.39, 0.29) is 0 Å². The Balaban J connectivity index is 2.88. The molecule has 4 heteroatoms. The molecule has 1 heterocycles. The molecule has 3 nitrogen and oxygen atoms in total. The van der Waals surface area contributed by atoms with Gasteiger partial charge >= 0.3 is 5.97 Å². The Morgan fingerprint density at radius 1 is 1.73 bits per heavy atom. The molecule has 11 heavy (non-hydrogen) atoms. The number of hydrogen-bond donors (Lipinski definition) is 1. The number of rotatable bonds is 3. The summed E-state index contributed by atoms with van der Waals surface area (Å²) in [6, 6.07) is 3.36. The summed E-state index contributed by atoms with van der Waals surface area (Å²) in [6.45, 7) is 0. The van der Waals surface area contributed by atoms with E-state index in [2.05, 4.69) is 0 Å². The average Bonchev–Trinajstić information content (AvgIpc) is 2.40. The molecule has 0 bridgehead atoms. The molecule has 1 N–H and O–H groups in total. The number of carboxylic acids is 1. The van der Waals surface area contributed by atoms with Gasteiger partial charge in [0, 0.05) is 4.88 Å². The maximum absolute atomic E-state index is 10.4. The zero-order valence-electron chi connectivity index (χ0n) is 5.56. The quantitative estimate of drug-likeness (QED) is 0.546. The van der Waals surface area contributed by atoms with Gasteiger partial charge in [0.2, 0.25) is 0 Å². The maximum atomic E-state index is 10.4. The van der Waals surface area contributed by atoms with Crippen molar-refractivity contribution >= 4 is 23.6 Å². The molecule has 0 saturated heterocycles. The summed E-state index contributed by atoms with van der Waals surface area (Å²) < 4.78 is 0. The van der Waals surface area contributed by atoms with Crippen LogP contribution in [0.4, 0.5) is 0 Å². The Morgan fingerprint density at radius 3 is 2.82 bits per heavy atom. The van der Waals surface area contributed by atoms with Gasteiger partial charge in [-0.05, 0) is 11.4 Å². The van der Waals surface area contributed by atoms with Gasteiger partial charge < -0.3 is 9.90 Å². The summed E-state index contributed by atoms with van der Waals surface area (Å²) in [7, 11) is 0. The second kappa shape index (κ2) is 3.30. The van der Waals surface area contributed by atoms with Gasteiger partial charge in [-0.1, -0.05) is 6.07 Å². The third kappa shape index (κ3) is 1.65. The highest BCUT2D eigenvalue weighted by molar-refractivity contribution is 7.10. The fourth-order valence-corrected chi connectivity index (χ4v) is 1.49. The Morgan fingerprint density at radius 2 is 2.45 bits per heavy atom. The van der Waals surface area contributed by atoms with Crippen LogP contribution in [0.25, 0.3) is 0 Å². The molecule has 0 aromatic carbocycles. The van der Waals surface area contributed by atoms with Crippen molar-refractivity contribution in [1.29, 1.82) is 0 Å². The fraction of sp³-hybridized carbons (Fsp3) is 0.143. The molecule has 0 aliphatic heterocycles. The lowest BCUT2D eigenvalue weighted by atomic mass is 10.1. The molecular weight excluding hydrogens is 164 g/mol. The van der Waals surface area contributed by atoms with Gasteiger partial charge in [-0.3, -0.25) is 4.79 Å². The second-order valence-electron chi connectivity index (χ2n) is 1.97. The molecular formula is C7H6O3S. The minimum absolute atomic E-state index is 0.439. The van der Waals surface area contributed by atoms with E-state index >= 15 is 0 Å². The van der Waals surface area contributed by atoms with E-state index in [0.29, 0.717) is 11.2 Å². The minimum Gasteiger partial charge on any atom is -0.480 e. The van der Waals surface area contributed by atoms with Gasteiger partial charge in [0.1, 0.15) is 12.2 Å². The van der Waals surface area contributed by atoms with Crippen molar-refractivity contribution in [2.45, 2.75) is 5.92 Å². The molecule has 0 saturated carbocycles. The molecule has 0 aliphatic rings. The van der Waals surface area contributed by atoms with Gasteiger partial charge in [-0.25, -0.2) is 0 Å². The summed E-state index contributed by atoms with van der Waals surface area (Å²) >= 11 is 1.27. The monoisotopic (exact) mass is 170 g/mol. The van der Waals surface area contributed by atoms with Crippen LogP contribution in [0.3, 0.4) is 0 Å². The SMILES string of the molecule is O=CC(C(=O)O)c1cccs1. The molecule has 0 aliphatic carbocycles. The third-order valence-corrected chi connectivity index (χ3v) is 2.21. The molecule has 0 spiro atoms. The zero-order valence-corrected chi connectivity index (χ0v) is 6.38. The highest BCUT2D eigenvalue weighted by Gasteiger charge is 2.18. The summed E-state index contributed by atoms with van der Waals surface area (Å²) in [5.74, 6) is -2.09. The van der Waals surface area contributed by atoms with Gasteiger partial charge in [-0.2, -0.15) is 0 Å². The lowest BCUT2D eigenvalue weighted by molar-refractivity contribution is -0.140. The van der Waals surface area contributed by atoms with Gasteiger partial charge in [-0.15, -0.1) is 11.3 Å². The molecule has 0 fully saturated rings. The van der Waals surface area contributed by atoms with Crippen LogP contribution in [0, 0.1) is 0 Å². The van der Waals surface area contributed by atoms with E-state index in [1.165, 1.54) is 11.3 Å². The number of thiophene rings is 1. The van der Waals surface area contributed by atoms with E-state index in [0.717, 1.165) is 0 Å². The van der Waals surface area contributed by atoms with E-state index in [9.17, 15) is 9.59 Å². The van der Waals surface area contributed by atoms with Gasteiger partial charge in [0.25, 0.3) is 0 Å². The molecule has 1 aromatic heterocycles. The summed E-state index contributed by atoms with van der Waals surface area (Å²) in [5.41, 5.74) is 0. The predicted octanol–water partition coefficient (Wildman–Crippen LogP) is 1.12. The topological polar surface area (TPSA) is 54.4 Å². The number of aliphatic carboxylic acids is 1. The first-order chi connectivity index (χ1) is 5.25. The Bertz CT molecular complexity index is 253. The maximum Gasteiger partial charge on any atom is 0.319 e. The normalized spacial score (nSPS) is 12.4. The summed E-state index contributed by atoms with van der Waals surface area (Å²) in [6.07, 6.45) is 0.439. The largest absolute Gasteiger partial charge is 0.480 e. The van der Waals surface area contributed by atoms with Gasteiger partial charge in [0.15, 0.2) is 0 Å². The number of carbonyl (C=O) groups excluding carboxylic acids is 1. The summed E-state index contributed by atoms with van der Waals surface area (Å²) in [4.78, 5) is 21.3. The van der Waals surface area contributed by atoms with Crippen LogP contribution in [0.2, 0.25) is 0 Å². The zero-order chi connectivity index (χ0) is 8.27. The standard InChI is InChI=1S/C7H6O3S/c8-4-5(7(9)10)6-2-1-3-11-6/h1-5H,(H,9,10). The average molecular weight is 170 g/mol. The first-order valence-corrected chi connectivity index (χ1v) is 3.85. The third-order valence-electron chi connectivity index (χ3n) is 1.25. The number of carboxylic acid groups (broad SMARTS) is 1. The Hall–Kier alpha value is -1.16. The number of hydrogen-bond acceptors (Lipinski definition) is 3. The second-order valence-corrected chi connectivity index (χ2v) is 2.95. The Labute approximate surface area is 67.3 Å².